The molecule has 1 saturated carbocycles. The molecule has 0 bridgehead atoms. The zero-order valence-electron chi connectivity index (χ0n) is 12.2. The number of anilines is 1. The first-order valence-corrected chi connectivity index (χ1v) is 8.67. The van der Waals surface area contributed by atoms with Gasteiger partial charge in [-0.2, -0.15) is 5.10 Å². The maximum atomic E-state index is 12.6. The van der Waals surface area contributed by atoms with Gasteiger partial charge in [0.2, 0.25) is 0 Å². The second-order valence-electron chi connectivity index (χ2n) is 5.25. The molecular weight excluding hydrogens is 326 g/mol. The molecule has 6 nitrogen and oxygen atoms in total. The molecule has 1 N–H and O–H groups in total. The lowest BCUT2D eigenvalue weighted by atomic mass is 10.3. The minimum Gasteiger partial charge on any atom is -0.495 e. The third-order valence-electron chi connectivity index (χ3n) is 3.55. The topological polar surface area (TPSA) is 73.2 Å². The van der Waals surface area contributed by atoms with Gasteiger partial charge in [-0.25, -0.2) is 8.42 Å². The minimum atomic E-state index is -3.81. The first-order valence-electron chi connectivity index (χ1n) is 6.81. The molecule has 1 heterocycles. The highest BCUT2D eigenvalue weighted by molar-refractivity contribution is 7.92. The van der Waals surface area contributed by atoms with Crippen LogP contribution >= 0.6 is 11.6 Å². The molecule has 2 aromatic rings. The average Bonchev–Trinajstić information content (AvgIpc) is 3.25. The highest BCUT2D eigenvalue weighted by atomic mass is 35.5. The van der Waals surface area contributed by atoms with Crippen molar-refractivity contribution < 1.29 is 13.2 Å². The van der Waals surface area contributed by atoms with Gasteiger partial charge in [0.25, 0.3) is 10.0 Å². The average molecular weight is 342 g/mol. The quantitative estimate of drug-likeness (QED) is 0.907. The van der Waals surface area contributed by atoms with E-state index in [-0.39, 0.29) is 10.6 Å². The van der Waals surface area contributed by atoms with Gasteiger partial charge in [0, 0.05) is 24.1 Å². The van der Waals surface area contributed by atoms with E-state index in [2.05, 4.69) is 9.82 Å². The molecule has 0 unspecified atom stereocenters. The summed E-state index contributed by atoms with van der Waals surface area (Å²) >= 11 is 5.90. The van der Waals surface area contributed by atoms with Crippen molar-refractivity contribution in [3.63, 3.8) is 0 Å². The highest BCUT2D eigenvalue weighted by Crippen LogP contribution is 2.40. The first-order chi connectivity index (χ1) is 10.4. The molecule has 0 spiro atoms. The molecule has 22 heavy (non-hydrogen) atoms. The van der Waals surface area contributed by atoms with E-state index < -0.39 is 10.0 Å². The lowest BCUT2D eigenvalue weighted by Gasteiger charge is -2.11. The summed E-state index contributed by atoms with van der Waals surface area (Å²) in [6.45, 7) is 0. The van der Waals surface area contributed by atoms with Crippen molar-refractivity contribution in [3.8, 4) is 5.75 Å². The number of methoxy groups -OCH3 is 1. The van der Waals surface area contributed by atoms with Gasteiger partial charge in [0.05, 0.1) is 12.8 Å². The molecule has 1 aromatic heterocycles. The molecule has 1 fully saturated rings. The number of halogens is 1. The summed E-state index contributed by atoms with van der Waals surface area (Å²) < 4.78 is 34.4. The van der Waals surface area contributed by atoms with E-state index in [1.54, 1.807) is 19.2 Å². The third-order valence-corrected chi connectivity index (χ3v) is 5.16. The fourth-order valence-electron chi connectivity index (χ4n) is 2.22. The molecule has 3 rings (SSSR count). The number of sulfonamides is 1. The molecule has 8 heteroatoms. The van der Waals surface area contributed by atoms with Crippen LogP contribution in [0.25, 0.3) is 0 Å². The molecule has 0 aliphatic heterocycles. The largest absolute Gasteiger partial charge is 0.495 e. The fraction of sp³-hybridized carbons (Fsp3) is 0.357. The van der Waals surface area contributed by atoms with Gasteiger partial charge in [-0.3, -0.25) is 9.40 Å². The Labute approximate surface area is 134 Å². The Bertz CT molecular complexity index is 813. The number of hydrogen-bond acceptors (Lipinski definition) is 4. The number of hydrogen-bond donors (Lipinski definition) is 1. The number of ether oxygens (including phenoxy) is 1. The van der Waals surface area contributed by atoms with Gasteiger partial charge in [-0.05, 0) is 31.0 Å². The molecule has 1 aliphatic rings. The van der Waals surface area contributed by atoms with E-state index in [1.165, 1.54) is 23.9 Å². The van der Waals surface area contributed by atoms with Crippen molar-refractivity contribution in [1.82, 2.24) is 9.78 Å². The number of aromatic nitrogens is 2. The molecule has 0 atom stereocenters. The van der Waals surface area contributed by atoms with Crippen molar-refractivity contribution in [3.05, 3.63) is 35.0 Å². The zero-order chi connectivity index (χ0) is 15.9. The summed E-state index contributed by atoms with van der Waals surface area (Å²) in [4.78, 5) is -0.00308. The summed E-state index contributed by atoms with van der Waals surface area (Å²) in [5.41, 5.74) is 0.915. The van der Waals surface area contributed by atoms with Crippen LogP contribution in [0.2, 0.25) is 5.02 Å². The number of nitrogens with zero attached hydrogens (tertiary/aromatic N) is 2. The van der Waals surface area contributed by atoms with Crippen LogP contribution in [0, 0.1) is 0 Å². The minimum absolute atomic E-state index is 0.00308. The summed E-state index contributed by atoms with van der Waals surface area (Å²) in [6, 6.07) is 6.23. The second-order valence-corrected chi connectivity index (χ2v) is 7.34. The van der Waals surface area contributed by atoms with Crippen molar-refractivity contribution in [2.24, 2.45) is 7.05 Å². The van der Waals surface area contributed by atoms with Crippen LogP contribution in [0.5, 0.6) is 5.75 Å². The fourth-order valence-corrected chi connectivity index (χ4v) is 3.73. The maximum absolute atomic E-state index is 12.6. The summed E-state index contributed by atoms with van der Waals surface area (Å²) in [6.07, 6.45) is 2.20. The molecule has 0 saturated heterocycles. The molecule has 118 valence electrons. The van der Waals surface area contributed by atoms with Gasteiger partial charge in [0.15, 0.2) is 0 Å². The van der Waals surface area contributed by atoms with Gasteiger partial charge < -0.3 is 4.74 Å². The van der Waals surface area contributed by atoms with Crippen LogP contribution in [-0.4, -0.2) is 25.3 Å². The van der Waals surface area contributed by atoms with E-state index >= 15 is 0 Å². The number of rotatable bonds is 5. The SMILES string of the molecule is COc1ccc(Cl)cc1S(=O)(=O)Nc1cc(C2CC2)nn1C. The van der Waals surface area contributed by atoms with Crippen LogP contribution in [-0.2, 0) is 17.1 Å². The monoisotopic (exact) mass is 341 g/mol. The van der Waals surface area contributed by atoms with Gasteiger partial charge in [0.1, 0.15) is 16.5 Å². The van der Waals surface area contributed by atoms with Crippen LogP contribution in [0.15, 0.2) is 29.2 Å². The van der Waals surface area contributed by atoms with Crippen molar-refractivity contribution >= 4 is 27.4 Å². The maximum Gasteiger partial charge on any atom is 0.266 e. The van der Waals surface area contributed by atoms with Crippen LogP contribution in [0.1, 0.15) is 24.5 Å². The van der Waals surface area contributed by atoms with E-state index in [1.807, 2.05) is 0 Å². The number of aryl methyl sites for hydroxylation is 1. The van der Waals surface area contributed by atoms with E-state index in [9.17, 15) is 8.42 Å². The second kappa shape index (κ2) is 5.48. The Balaban J connectivity index is 1.95. The Morgan fingerprint density at radius 1 is 1.36 bits per heavy atom. The normalized spacial score (nSPS) is 14.9. The highest BCUT2D eigenvalue weighted by Gasteiger charge is 2.28. The van der Waals surface area contributed by atoms with Crippen LogP contribution in [0.4, 0.5) is 5.82 Å². The number of nitrogens with one attached hydrogen (secondary N) is 1. The Kier molecular flexibility index (Phi) is 3.78. The zero-order valence-corrected chi connectivity index (χ0v) is 13.8. The predicted octanol–water partition coefficient (Wildman–Crippen LogP) is 2.76. The molecular formula is C14H16ClN3O3S. The van der Waals surface area contributed by atoms with Crippen LogP contribution in [0.3, 0.4) is 0 Å². The molecule has 1 aromatic carbocycles. The third kappa shape index (κ3) is 2.91. The van der Waals surface area contributed by atoms with Gasteiger partial charge in [-0.15, -0.1) is 0 Å². The molecule has 0 radical (unpaired) electrons. The molecule has 0 amide bonds. The van der Waals surface area contributed by atoms with Crippen LogP contribution < -0.4 is 9.46 Å². The summed E-state index contributed by atoms with van der Waals surface area (Å²) in [5, 5.41) is 4.67. The number of benzene rings is 1. The standard InChI is InChI=1S/C14H16ClN3O3S/c1-18-14(8-11(16-18)9-3-4-9)17-22(19,20)13-7-10(15)5-6-12(13)21-2/h5-9,17H,3-4H2,1-2H3. The van der Waals surface area contributed by atoms with Crippen molar-refractivity contribution in [2.45, 2.75) is 23.7 Å². The lowest BCUT2D eigenvalue weighted by molar-refractivity contribution is 0.403. The van der Waals surface area contributed by atoms with E-state index in [0.717, 1.165) is 18.5 Å². The van der Waals surface area contributed by atoms with E-state index in [4.69, 9.17) is 16.3 Å². The Morgan fingerprint density at radius 3 is 2.73 bits per heavy atom. The van der Waals surface area contributed by atoms with Crippen molar-refractivity contribution in [2.75, 3.05) is 11.8 Å². The summed E-state index contributed by atoms with van der Waals surface area (Å²) in [7, 11) is -0.692. The van der Waals surface area contributed by atoms with Crippen molar-refractivity contribution in [1.29, 1.82) is 0 Å². The van der Waals surface area contributed by atoms with Gasteiger partial charge >= 0.3 is 0 Å². The lowest BCUT2D eigenvalue weighted by Crippen LogP contribution is -2.16. The Morgan fingerprint density at radius 2 is 2.09 bits per heavy atom. The predicted molar refractivity (Wildman–Crippen MR) is 84.0 cm³/mol. The van der Waals surface area contributed by atoms with E-state index in [0.29, 0.717) is 16.8 Å². The molecule has 1 aliphatic carbocycles. The Hall–Kier alpha value is -1.73. The van der Waals surface area contributed by atoms with Gasteiger partial charge in [-0.1, -0.05) is 11.6 Å². The first kappa shape index (κ1) is 15.2. The smallest absolute Gasteiger partial charge is 0.266 e. The summed E-state index contributed by atoms with van der Waals surface area (Å²) in [5.74, 6) is 1.11.